The first-order chi connectivity index (χ1) is 13.7. The monoisotopic (exact) mass is 415 g/mol. The number of fused-ring (bicyclic) bond motifs is 1. The molecular formula is C22H26ClN3O3. The van der Waals surface area contributed by atoms with Crippen molar-refractivity contribution in [2.75, 3.05) is 37.7 Å². The SMILES string of the molecule is CCc1ccc(C2CNCCN2C(=O)CN2C(=O)COc3ccccc32)cc1.Cl. The number of benzene rings is 2. The Morgan fingerprint density at radius 2 is 1.93 bits per heavy atom. The number of nitrogens with one attached hydrogen (secondary N) is 1. The van der Waals surface area contributed by atoms with Crippen molar-refractivity contribution in [1.82, 2.24) is 10.2 Å². The zero-order valence-electron chi connectivity index (χ0n) is 16.5. The van der Waals surface area contributed by atoms with Gasteiger partial charge in [-0.2, -0.15) is 0 Å². The molecule has 154 valence electrons. The molecule has 1 unspecified atom stereocenters. The molecule has 2 heterocycles. The van der Waals surface area contributed by atoms with Gasteiger partial charge in [0.1, 0.15) is 12.3 Å². The molecule has 2 aliphatic rings. The molecule has 0 radical (unpaired) electrons. The number of amides is 2. The predicted octanol–water partition coefficient (Wildman–Crippen LogP) is 2.57. The predicted molar refractivity (Wildman–Crippen MR) is 115 cm³/mol. The molecule has 1 atom stereocenters. The average Bonchev–Trinajstić information content (AvgIpc) is 2.76. The van der Waals surface area contributed by atoms with E-state index in [2.05, 4.69) is 36.5 Å². The highest BCUT2D eigenvalue weighted by atomic mass is 35.5. The van der Waals surface area contributed by atoms with Gasteiger partial charge in [0.2, 0.25) is 5.91 Å². The van der Waals surface area contributed by atoms with Gasteiger partial charge in [0.15, 0.2) is 6.61 Å². The van der Waals surface area contributed by atoms with Gasteiger partial charge in [-0.15, -0.1) is 12.4 Å². The van der Waals surface area contributed by atoms with Crippen LogP contribution < -0.4 is 15.0 Å². The van der Waals surface area contributed by atoms with E-state index in [0.29, 0.717) is 24.5 Å². The van der Waals surface area contributed by atoms with Gasteiger partial charge in [-0.05, 0) is 29.7 Å². The summed E-state index contributed by atoms with van der Waals surface area (Å²) in [6.07, 6.45) is 0.990. The lowest BCUT2D eigenvalue weighted by molar-refractivity contribution is -0.134. The van der Waals surface area contributed by atoms with Gasteiger partial charge < -0.3 is 15.0 Å². The summed E-state index contributed by atoms with van der Waals surface area (Å²) >= 11 is 0. The van der Waals surface area contributed by atoms with Gasteiger partial charge in [0, 0.05) is 19.6 Å². The van der Waals surface area contributed by atoms with Crippen LogP contribution in [0.3, 0.4) is 0 Å². The molecule has 0 bridgehead atoms. The zero-order valence-corrected chi connectivity index (χ0v) is 17.3. The van der Waals surface area contributed by atoms with Crippen molar-refractivity contribution in [2.45, 2.75) is 19.4 Å². The third kappa shape index (κ3) is 4.38. The number of piperazine rings is 1. The van der Waals surface area contributed by atoms with E-state index in [1.807, 2.05) is 29.2 Å². The fraction of sp³-hybridized carbons (Fsp3) is 0.364. The second-order valence-electron chi connectivity index (χ2n) is 7.14. The van der Waals surface area contributed by atoms with E-state index >= 15 is 0 Å². The highest BCUT2D eigenvalue weighted by Crippen LogP contribution is 2.32. The van der Waals surface area contributed by atoms with E-state index in [0.717, 1.165) is 18.5 Å². The molecule has 4 rings (SSSR count). The van der Waals surface area contributed by atoms with Crippen LogP contribution in [0.1, 0.15) is 24.1 Å². The lowest BCUT2D eigenvalue weighted by Gasteiger charge is -2.38. The molecule has 29 heavy (non-hydrogen) atoms. The Labute approximate surface area is 177 Å². The third-order valence-electron chi connectivity index (χ3n) is 5.44. The van der Waals surface area contributed by atoms with Crippen molar-refractivity contribution in [3.05, 3.63) is 59.7 Å². The second-order valence-corrected chi connectivity index (χ2v) is 7.14. The Morgan fingerprint density at radius 3 is 2.69 bits per heavy atom. The molecule has 0 spiro atoms. The number of aryl methyl sites for hydroxylation is 1. The maximum absolute atomic E-state index is 13.2. The van der Waals surface area contributed by atoms with Gasteiger partial charge in [-0.25, -0.2) is 0 Å². The fourth-order valence-corrected chi connectivity index (χ4v) is 3.83. The van der Waals surface area contributed by atoms with Gasteiger partial charge in [-0.1, -0.05) is 43.3 Å². The third-order valence-corrected chi connectivity index (χ3v) is 5.44. The van der Waals surface area contributed by atoms with Crippen LogP contribution >= 0.6 is 12.4 Å². The van der Waals surface area contributed by atoms with Crippen molar-refractivity contribution in [3.63, 3.8) is 0 Å². The van der Waals surface area contributed by atoms with Crippen LogP contribution in [0.2, 0.25) is 0 Å². The summed E-state index contributed by atoms with van der Waals surface area (Å²) in [5, 5.41) is 3.38. The number of hydrogen-bond acceptors (Lipinski definition) is 4. The molecule has 0 aromatic heterocycles. The molecule has 0 aliphatic carbocycles. The Morgan fingerprint density at radius 1 is 1.17 bits per heavy atom. The lowest BCUT2D eigenvalue weighted by Crippen LogP contribution is -2.53. The van der Waals surface area contributed by atoms with Crippen LogP contribution in [0, 0.1) is 0 Å². The maximum atomic E-state index is 13.2. The summed E-state index contributed by atoms with van der Waals surface area (Å²) in [5.74, 6) is 0.407. The Hall–Kier alpha value is -2.57. The first-order valence-electron chi connectivity index (χ1n) is 9.78. The zero-order chi connectivity index (χ0) is 19.5. The van der Waals surface area contributed by atoms with Gasteiger partial charge in [-0.3, -0.25) is 14.5 Å². The molecule has 6 nitrogen and oxygen atoms in total. The minimum Gasteiger partial charge on any atom is -0.482 e. The minimum absolute atomic E-state index is 0. The highest BCUT2D eigenvalue weighted by Gasteiger charge is 2.32. The first kappa shape index (κ1) is 21.1. The van der Waals surface area contributed by atoms with Gasteiger partial charge in [0.25, 0.3) is 5.91 Å². The van der Waals surface area contributed by atoms with Crippen LogP contribution in [0.25, 0.3) is 0 Å². The molecule has 2 aromatic rings. The van der Waals surface area contributed by atoms with Crippen molar-refractivity contribution >= 4 is 29.9 Å². The van der Waals surface area contributed by atoms with Crippen molar-refractivity contribution in [2.24, 2.45) is 0 Å². The largest absolute Gasteiger partial charge is 0.482 e. The van der Waals surface area contributed by atoms with E-state index in [-0.39, 0.29) is 43.4 Å². The number of para-hydroxylation sites is 2. The van der Waals surface area contributed by atoms with Crippen LogP contribution in [-0.2, 0) is 16.0 Å². The van der Waals surface area contributed by atoms with Crippen LogP contribution in [0.15, 0.2) is 48.5 Å². The number of hydrogen-bond donors (Lipinski definition) is 1. The average molecular weight is 416 g/mol. The first-order valence-corrected chi connectivity index (χ1v) is 9.78. The van der Waals surface area contributed by atoms with Crippen molar-refractivity contribution < 1.29 is 14.3 Å². The maximum Gasteiger partial charge on any atom is 0.265 e. The van der Waals surface area contributed by atoms with Crippen LogP contribution in [0.5, 0.6) is 5.75 Å². The van der Waals surface area contributed by atoms with Crippen LogP contribution in [0.4, 0.5) is 5.69 Å². The molecule has 1 N–H and O–H groups in total. The fourth-order valence-electron chi connectivity index (χ4n) is 3.83. The van der Waals surface area contributed by atoms with Gasteiger partial charge >= 0.3 is 0 Å². The number of rotatable bonds is 4. The summed E-state index contributed by atoms with van der Waals surface area (Å²) in [7, 11) is 0. The molecule has 7 heteroatoms. The van der Waals surface area contributed by atoms with E-state index < -0.39 is 0 Å². The van der Waals surface area contributed by atoms with E-state index in [4.69, 9.17) is 4.74 Å². The highest BCUT2D eigenvalue weighted by molar-refractivity contribution is 6.02. The molecule has 2 aliphatic heterocycles. The molecule has 1 saturated heterocycles. The Kier molecular flexibility index (Phi) is 6.77. The number of ether oxygens (including phenoxy) is 1. The minimum atomic E-state index is -0.189. The number of anilines is 1. The number of nitrogens with zero attached hydrogens (tertiary/aromatic N) is 2. The standard InChI is InChI=1S/C22H25N3O3.ClH/c1-2-16-7-9-17(10-8-16)19-13-23-11-12-24(19)21(26)14-25-18-5-3-4-6-20(18)28-15-22(25)27;/h3-10,19,23H,2,11-15H2,1H3;1H. The van der Waals surface area contributed by atoms with Crippen molar-refractivity contribution in [3.8, 4) is 5.75 Å². The number of halogens is 1. The molecule has 2 aromatic carbocycles. The van der Waals surface area contributed by atoms with Gasteiger partial charge in [0.05, 0.1) is 11.7 Å². The van der Waals surface area contributed by atoms with E-state index in [9.17, 15) is 9.59 Å². The molecular weight excluding hydrogens is 390 g/mol. The molecule has 2 amide bonds. The van der Waals surface area contributed by atoms with Crippen molar-refractivity contribution in [1.29, 1.82) is 0 Å². The van der Waals surface area contributed by atoms with E-state index in [1.54, 1.807) is 4.90 Å². The lowest BCUT2D eigenvalue weighted by atomic mass is 10.0. The molecule has 0 saturated carbocycles. The van der Waals surface area contributed by atoms with Crippen LogP contribution in [-0.4, -0.2) is 49.5 Å². The topological polar surface area (TPSA) is 61.9 Å². The summed E-state index contributed by atoms with van der Waals surface area (Å²) < 4.78 is 5.48. The summed E-state index contributed by atoms with van der Waals surface area (Å²) in [4.78, 5) is 29.0. The smallest absolute Gasteiger partial charge is 0.265 e. The second kappa shape index (κ2) is 9.29. The summed E-state index contributed by atoms with van der Waals surface area (Å²) in [6, 6.07) is 15.8. The molecule has 1 fully saturated rings. The quantitative estimate of drug-likeness (QED) is 0.833. The summed E-state index contributed by atoms with van der Waals surface area (Å²) in [5.41, 5.74) is 3.05. The Bertz CT molecular complexity index is 872. The summed E-state index contributed by atoms with van der Waals surface area (Å²) in [6.45, 7) is 4.22. The van der Waals surface area contributed by atoms with E-state index in [1.165, 1.54) is 5.56 Å². The Balaban J connectivity index is 0.00000240. The number of carbonyl (C=O) groups is 2. The normalized spacial score (nSPS) is 18.5. The number of carbonyl (C=O) groups excluding carboxylic acids is 2.